The van der Waals surface area contributed by atoms with Gasteiger partial charge in [0.1, 0.15) is 11.6 Å². The van der Waals surface area contributed by atoms with Crippen molar-refractivity contribution in [3.8, 4) is 0 Å². The molecule has 1 aromatic carbocycles. The van der Waals surface area contributed by atoms with Crippen molar-refractivity contribution in [3.63, 3.8) is 0 Å². The fourth-order valence-corrected chi connectivity index (χ4v) is 2.67. The number of carbonyl (C=O) groups is 2. The number of nitrogens with zero attached hydrogens (tertiary/aromatic N) is 1. The summed E-state index contributed by atoms with van der Waals surface area (Å²) in [4.78, 5) is 23.8. The van der Waals surface area contributed by atoms with E-state index in [0.29, 0.717) is 0 Å². The van der Waals surface area contributed by atoms with Gasteiger partial charge >= 0.3 is 12.1 Å². The molecule has 0 unspecified atom stereocenters. The van der Waals surface area contributed by atoms with Crippen molar-refractivity contribution < 1.29 is 23.6 Å². The molecule has 0 fully saturated rings. The molecule has 25 heavy (non-hydrogen) atoms. The number of carboxylic acid groups (broad SMARTS) is 1. The maximum Gasteiger partial charge on any atom is 0.422 e. The van der Waals surface area contributed by atoms with Crippen molar-refractivity contribution >= 4 is 22.9 Å². The maximum absolute atomic E-state index is 12.1. The van der Waals surface area contributed by atoms with Crippen LogP contribution in [0.4, 0.5) is 4.79 Å². The van der Waals surface area contributed by atoms with Gasteiger partial charge in [-0.1, -0.05) is 30.3 Å². The zero-order chi connectivity index (χ0) is 19.0. The van der Waals surface area contributed by atoms with Crippen LogP contribution >= 0.6 is 0 Å². The van der Waals surface area contributed by atoms with Crippen LogP contribution in [-0.4, -0.2) is 50.0 Å². The molecule has 0 spiro atoms. The monoisotopic (exact) mass is 370 g/mol. The molecular formula is C17H26N2O5S. The number of carbonyl (C=O) groups excluding carboxylic acids is 1. The minimum absolute atomic E-state index is 0.140. The van der Waals surface area contributed by atoms with Gasteiger partial charge in [-0.15, -0.1) is 0 Å². The van der Waals surface area contributed by atoms with E-state index in [0.717, 1.165) is 5.56 Å². The smallest absolute Gasteiger partial charge is 0.422 e. The molecule has 140 valence electrons. The first kappa shape index (κ1) is 21.1. The van der Waals surface area contributed by atoms with Gasteiger partial charge in [-0.3, -0.25) is 14.4 Å². The summed E-state index contributed by atoms with van der Waals surface area (Å²) in [5.74, 6) is -0.879. The number of carboxylic acids is 1. The van der Waals surface area contributed by atoms with Crippen LogP contribution < -0.4 is 5.43 Å². The highest BCUT2D eigenvalue weighted by molar-refractivity contribution is 7.84. The molecule has 0 aliphatic heterocycles. The Morgan fingerprint density at radius 1 is 1.28 bits per heavy atom. The summed E-state index contributed by atoms with van der Waals surface area (Å²) in [6, 6.07) is 8.16. The van der Waals surface area contributed by atoms with E-state index < -0.39 is 34.5 Å². The molecule has 1 amide bonds. The molecular weight excluding hydrogens is 344 g/mol. The summed E-state index contributed by atoms with van der Waals surface area (Å²) < 4.78 is 16.6. The van der Waals surface area contributed by atoms with Crippen LogP contribution in [0.3, 0.4) is 0 Å². The third-order valence-corrected chi connectivity index (χ3v) is 3.98. The summed E-state index contributed by atoms with van der Waals surface area (Å²) >= 11 is 0. The molecule has 1 aromatic rings. The number of nitrogens with one attached hydrogen (secondary N) is 1. The fourth-order valence-electron chi connectivity index (χ4n) is 2.12. The van der Waals surface area contributed by atoms with Gasteiger partial charge in [0.05, 0.1) is 0 Å². The molecule has 0 aliphatic rings. The second-order valence-corrected chi connectivity index (χ2v) is 8.20. The van der Waals surface area contributed by atoms with Crippen LogP contribution in [-0.2, 0) is 26.9 Å². The second-order valence-electron chi connectivity index (χ2n) is 6.65. The zero-order valence-electron chi connectivity index (χ0n) is 15.0. The average Bonchev–Trinajstić information content (AvgIpc) is 2.45. The number of ether oxygens (including phenoxy) is 1. The van der Waals surface area contributed by atoms with Gasteiger partial charge in [0.25, 0.3) is 0 Å². The fraction of sp³-hybridized carbons (Fsp3) is 0.529. The molecule has 8 heteroatoms. The third kappa shape index (κ3) is 8.64. The number of hydrazine groups is 1. The first-order valence-corrected chi connectivity index (χ1v) is 9.64. The van der Waals surface area contributed by atoms with Gasteiger partial charge < -0.3 is 9.84 Å². The van der Waals surface area contributed by atoms with Crippen molar-refractivity contribution in [1.82, 2.24) is 10.4 Å². The molecule has 2 N–H and O–H groups in total. The Bertz CT molecular complexity index is 601. The van der Waals surface area contributed by atoms with Gasteiger partial charge in [-0.2, -0.15) is 5.01 Å². The lowest BCUT2D eigenvalue weighted by molar-refractivity contribution is -0.145. The molecule has 0 radical (unpaired) electrons. The van der Waals surface area contributed by atoms with E-state index in [1.807, 2.05) is 30.3 Å². The van der Waals surface area contributed by atoms with Crippen molar-refractivity contribution in [2.75, 3.05) is 12.0 Å². The third-order valence-electron chi connectivity index (χ3n) is 3.17. The minimum Gasteiger partial charge on any atom is -0.480 e. The number of benzene rings is 1. The maximum atomic E-state index is 12.1. The topological polar surface area (TPSA) is 95.9 Å². The first-order chi connectivity index (χ1) is 11.6. The predicted molar refractivity (Wildman–Crippen MR) is 96.3 cm³/mol. The second kappa shape index (κ2) is 9.53. The molecule has 0 aliphatic carbocycles. The lowest BCUT2D eigenvalue weighted by Crippen LogP contribution is -2.52. The van der Waals surface area contributed by atoms with Crippen molar-refractivity contribution in [1.29, 1.82) is 0 Å². The number of hydrogen-bond acceptors (Lipinski definition) is 5. The van der Waals surface area contributed by atoms with Crippen molar-refractivity contribution in [3.05, 3.63) is 35.9 Å². The number of rotatable bonds is 8. The quantitative estimate of drug-likeness (QED) is 0.681. The van der Waals surface area contributed by atoms with E-state index >= 15 is 0 Å². The van der Waals surface area contributed by atoms with Crippen molar-refractivity contribution in [2.45, 2.75) is 45.4 Å². The Kier molecular flexibility index (Phi) is 8.05. The summed E-state index contributed by atoms with van der Waals surface area (Å²) in [7, 11) is -1.13. The van der Waals surface area contributed by atoms with Gasteiger partial charge in [-0.25, -0.2) is 4.79 Å². The van der Waals surface area contributed by atoms with Gasteiger partial charge in [0, 0.05) is 29.4 Å². The Balaban J connectivity index is 2.96. The van der Waals surface area contributed by atoms with Gasteiger partial charge in [-0.05, 0) is 32.8 Å². The Hall–Kier alpha value is -1.93. The van der Waals surface area contributed by atoms with E-state index in [4.69, 9.17) is 4.74 Å². The average molecular weight is 370 g/mol. The highest BCUT2D eigenvalue weighted by atomic mass is 32.2. The number of aliphatic carboxylic acids is 1. The summed E-state index contributed by atoms with van der Waals surface area (Å²) in [5, 5.41) is 10.9. The Labute approximate surface area is 150 Å². The van der Waals surface area contributed by atoms with Gasteiger partial charge in [0.2, 0.25) is 0 Å². The van der Waals surface area contributed by atoms with Crippen LogP contribution in [0, 0.1) is 0 Å². The molecule has 1 rings (SSSR count). The molecule has 7 nitrogen and oxygen atoms in total. The molecule has 0 saturated carbocycles. The highest BCUT2D eigenvalue weighted by Gasteiger charge is 2.29. The number of hydrogen-bond donors (Lipinski definition) is 2. The number of amides is 1. The molecule has 2 atom stereocenters. The normalized spacial score (nSPS) is 14.0. The zero-order valence-corrected chi connectivity index (χ0v) is 15.8. The van der Waals surface area contributed by atoms with Crippen LogP contribution in [0.2, 0.25) is 0 Å². The Morgan fingerprint density at radius 2 is 1.88 bits per heavy atom. The summed E-state index contributed by atoms with van der Waals surface area (Å²) in [6.07, 6.45) is 0.926. The van der Waals surface area contributed by atoms with Crippen LogP contribution in [0.1, 0.15) is 32.8 Å². The summed E-state index contributed by atoms with van der Waals surface area (Å²) in [5.41, 5.74) is 2.65. The van der Waals surface area contributed by atoms with E-state index in [1.54, 1.807) is 20.8 Å². The standard InChI is InChI=1S/C17H26N2O5S/c1-17(2,3)24-16(22)18-19(12-13-8-6-5-7-9-13)14(15(20)21)10-11-25(4)23/h5-9,14H,10-12H2,1-4H3,(H,18,22)(H,20,21)/t14-,25+/m0/s1. The molecule has 0 aromatic heterocycles. The lowest BCUT2D eigenvalue weighted by atomic mass is 10.1. The van der Waals surface area contributed by atoms with Crippen molar-refractivity contribution in [2.24, 2.45) is 0 Å². The highest BCUT2D eigenvalue weighted by Crippen LogP contribution is 2.12. The van der Waals surface area contributed by atoms with Gasteiger partial charge in [0.15, 0.2) is 0 Å². The minimum atomic E-state index is -1.13. The molecule has 0 bridgehead atoms. The van der Waals surface area contributed by atoms with E-state index in [9.17, 15) is 18.9 Å². The predicted octanol–water partition coefficient (Wildman–Crippen LogP) is 2.15. The largest absolute Gasteiger partial charge is 0.480 e. The summed E-state index contributed by atoms with van der Waals surface area (Å²) in [6.45, 7) is 5.36. The first-order valence-electron chi connectivity index (χ1n) is 7.91. The lowest BCUT2D eigenvalue weighted by Gasteiger charge is -2.30. The SMILES string of the molecule is C[S@@](=O)CC[C@@H](C(=O)O)N(Cc1ccccc1)NC(=O)OC(C)(C)C. The molecule has 0 heterocycles. The van der Waals surface area contributed by atoms with E-state index in [2.05, 4.69) is 5.43 Å². The van der Waals surface area contributed by atoms with Crippen LogP contribution in [0.15, 0.2) is 30.3 Å². The van der Waals surface area contributed by atoms with Crippen LogP contribution in [0.5, 0.6) is 0 Å². The van der Waals surface area contributed by atoms with Crippen LogP contribution in [0.25, 0.3) is 0 Å². The van der Waals surface area contributed by atoms with E-state index in [-0.39, 0.29) is 18.7 Å². The molecule has 0 saturated heterocycles. The Morgan fingerprint density at radius 3 is 2.36 bits per heavy atom. The van der Waals surface area contributed by atoms with E-state index in [1.165, 1.54) is 11.3 Å².